The fraction of sp³-hybridized carbons (Fsp3) is 0.176. The maximum absolute atomic E-state index is 11.1. The molecule has 1 aliphatic heterocycles. The van der Waals surface area contributed by atoms with Crippen LogP contribution in [0.25, 0.3) is 11.3 Å². The maximum atomic E-state index is 11.1. The molecule has 132 valence electrons. The highest BCUT2D eigenvalue weighted by Gasteiger charge is 2.25. The fourth-order valence-corrected chi connectivity index (χ4v) is 2.84. The highest BCUT2D eigenvalue weighted by molar-refractivity contribution is 5.66. The fourth-order valence-electron chi connectivity index (χ4n) is 2.84. The van der Waals surface area contributed by atoms with Gasteiger partial charge in [-0.25, -0.2) is 14.8 Å². The molecule has 0 fully saturated rings. The lowest BCUT2D eigenvalue weighted by Gasteiger charge is -2.26. The second-order valence-electron chi connectivity index (χ2n) is 5.82. The molecule has 0 saturated heterocycles. The van der Waals surface area contributed by atoms with Crippen LogP contribution >= 0.6 is 0 Å². The number of benzene rings is 1. The zero-order chi connectivity index (χ0) is 18.1. The molecule has 0 spiro atoms. The molecule has 0 aliphatic carbocycles. The summed E-state index contributed by atoms with van der Waals surface area (Å²) in [5.41, 5.74) is 2.69. The van der Waals surface area contributed by atoms with Gasteiger partial charge in [0.15, 0.2) is 12.2 Å². The van der Waals surface area contributed by atoms with Crippen LogP contribution in [0.15, 0.2) is 41.3 Å². The van der Waals surface area contributed by atoms with Crippen LogP contribution < -0.4 is 5.32 Å². The van der Waals surface area contributed by atoms with Crippen LogP contribution in [0, 0.1) is 0 Å². The molecule has 2 aromatic heterocycles. The van der Waals surface area contributed by atoms with E-state index in [1.54, 1.807) is 6.20 Å². The van der Waals surface area contributed by atoms with E-state index >= 15 is 0 Å². The highest BCUT2D eigenvalue weighted by Crippen LogP contribution is 2.27. The van der Waals surface area contributed by atoms with Crippen molar-refractivity contribution >= 4 is 17.7 Å². The van der Waals surface area contributed by atoms with Crippen LogP contribution in [-0.2, 0) is 13.0 Å². The van der Waals surface area contributed by atoms with Gasteiger partial charge in [-0.05, 0) is 30.7 Å². The summed E-state index contributed by atoms with van der Waals surface area (Å²) in [5, 5.41) is 22.3. The molecule has 0 unspecified atom stereocenters. The number of amides is 1. The molecule has 0 atom stereocenters. The Morgan fingerprint density at radius 2 is 2.04 bits per heavy atom. The lowest BCUT2D eigenvalue weighted by atomic mass is 10.1. The maximum Gasteiger partial charge on any atom is 0.407 e. The molecule has 0 saturated carbocycles. The second-order valence-corrected chi connectivity index (χ2v) is 5.82. The Morgan fingerprint density at radius 3 is 2.73 bits per heavy atom. The first-order valence-electron chi connectivity index (χ1n) is 7.93. The number of carbonyl (C=O) groups is 1. The van der Waals surface area contributed by atoms with Crippen molar-refractivity contribution in [3.63, 3.8) is 0 Å². The topological polar surface area (TPSA) is 125 Å². The van der Waals surface area contributed by atoms with Crippen molar-refractivity contribution < 1.29 is 19.4 Å². The minimum Gasteiger partial charge on any atom is -0.493 e. The van der Waals surface area contributed by atoms with Gasteiger partial charge in [-0.2, -0.15) is 4.98 Å². The van der Waals surface area contributed by atoms with E-state index in [-0.39, 0.29) is 18.4 Å². The number of anilines is 2. The van der Waals surface area contributed by atoms with Gasteiger partial charge in [-0.3, -0.25) is 0 Å². The van der Waals surface area contributed by atoms with E-state index in [9.17, 15) is 9.90 Å². The van der Waals surface area contributed by atoms with Gasteiger partial charge in [0.2, 0.25) is 11.8 Å². The van der Waals surface area contributed by atoms with E-state index < -0.39 is 6.09 Å². The average molecular weight is 353 g/mol. The molecule has 4 rings (SSSR count). The molecular formula is C17H15N5O4. The van der Waals surface area contributed by atoms with Crippen molar-refractivity contribution in [1.29, 1.82) is 0 Å². The van der Waals surface area contributed by atoms with Gasteiger partial charge in [0, 0.05) is 23.4 Å². The van der Waals surface area contributed by atoms with Gasteiger partial charge in [0.25, 0.3) is 0 Å². The minimum absolute atomic E-state index is 0.124. The third kappa shape index (κ3) is 3.02. The van der Waals surface area contributed by atoms with Crippen LogP contribution in [0.1, 0.15) is 11.3 Å². The number of rotatable bonds is 3. The average Bonchev–Trinajstić information content (AvgIpc) is 3.16. The monoisotopic (exact) mass is 353 g/mol. The predicted molar refractivity (Wildman–Crippen MR) is 91.1 cm³/mol. The molecule has 0 radical (unpaired) electrons. The zero-order valence-electron chi connectivity index (χ0n) is 13.6. The Labute approximate surface area is 148 Å². The smallest absolute Gasteiger partial charge is 0.407 e. The summed E-state index contributed by atoms with van der Waals surface area (Å²) >= 11 is 0. The predicted octanol–water partition coefficient (Wildman–Crippen LogP) is 2.62. The van der Waals surface area contributed by atoms with Crippen molar-refractivity contribution in [2.24, 2.45) is 0 Å². The number of hydrogen-bond donors (Lipinski definition) is 3. The molecule has 3 aromatic rings. The molecular weight excluding hydrogens is 338 g/mol. The summed E-state index contributed by atoms with van der Waals surface area (Å²) in [4.78, 5) is 24.7. The summed E-state index contributed by atoms with van der Waals surface area (Å²) < 4.78 is 5.24. The van der Waals surface area contributed by atoms with Crippen molar-refractivity contribution in [1.82, 2.24) is 19.9 Å². The number of hydrogen-bond acceptors (Lipinski definition) is 7. The van der Waals surface area contributed by atoms with E-state index in [4.69, 9.17) is 9.52 Å². The summed E-state index contributed by atoms with van der Waals surface area (Å²) in [6.07, 6.45) is 2.37. The Bertz CT molecular complexity index is 941. The number of carboxylic acid groups (broad SMARTS) is 1. The van der Waals surface area contributed by atoms with Crippen molar-refractivity contribution in [3.8, 4) is 17.2 Å². The molecule has 3 N–H and O–H groups in total. The summed E-state index contributed by atoms with van der Waals surface area (Å²) in [7, 11) is 0. The Kier molecular flexibility index (Phi) is 3.88. The van der Waals surface area contributed by atoms with Gasteiger partial charge < -0.3 is 24.8 Å². The normalized spacial score (nSPS) is 13.3. The highest BCUT2D eigenvalue weighted by atomic mass is 16.4. The molecule has 1 aliphatic rings. The molecule has 9 nitrogen and oxygen atoms in total. The van der Waals surface area contributed by atoms with E-state index in [0.29, 0.717) is 30.0 Å². The van der Waals surface area contributed by atoms with Crippen molar-refractivity contribution in [3.05, 3.63) is 48.1 Å². The lowest BCUT2D eigenvalue weighted by Crippen LogP contribution is -2.35. The number of aromatic hydroxyl groups is 1. The third-order valence-corrected chi connectivity index (χ3v) is 4.17. The van der Waals surface area contributed by atoms with Crippen molar-refractivity contribution in [2.45, 2.75) is 13.0 Å². The first kappa shape index (κ1) is 15.9. The SMILES string of the molecule is O=C(O)N1CCc2c(O)nc(Nc3ccc(-c4cnco4)cc3)nc2C1. The number of nitrogens with one attached hydrogen (secondary N) is 1. The van der Waals surface area contributed by atoms with E-state index in [1.165, 1.54) is 11.3 Å². The largest absolute Gasteiger partial charge is 0.493 e. The summed E-state index contributed by atoms with van der Waals surface area (Å²) in [5.74, 6) is 0.745. The second kappa shape index (κ2) is 6.36. The number of aromatic nitrogens is 3. The molecule has 26 heavy (non-hydrogen) atoms. The summed E-state index contributed by atoms with van der Waals surface area (Å²) in [6.45, 7) is 0.439. The van der Waals surface area contributed by atoms with Gasteiger partial charge in [0.1, 0.15) is 0 Å². The molecule has 9 heteroatoms. The van der Waals surface area contributed by atoms with Crippen LogP contribution in [0.3, 0.4) is 0 Å². The first-order chi connectivity index (χ1) is 12.6. The third-order valence-electron chi connectivity index (χ3n) is 4.17. The standard InChI is InChI=1S/C17H15N5O4/c23-15-12-5-6-22(17(24)25)8-13(12)20-16(21-15)19-11-3-1-10(2-4-11)14-7-18-9-26-14/h1-4,7,9H,5-6,8H2,(H,24,25)(H2,19,20,21,23). The lowest BCUT2D eigenvalue weighted by molar-refractivity contribution is 0.138. The van der Waals surface area contributed by atoms with Gasteiger partial charge in [0.05, 0.1) is 18.4 Å². The Balaban J connectivity index is 1.56. The molecule has 1 amide bonds. The van der Waals surface area contributed by atoms with E-state index in [0.717, 1.165) is 11.3 Å². The summed E-state index contributed by atoms with van der Waals surface area (Å²) in [6, 6.07) is 7.35. The molecule has 0 bridgehead atoms. The molecule has 1 aromatic carbocycles. The Morgan fingerprint density at radius 1 is 1.23 bits per heavy atom. The van der Waals surface area contributed by atoms with Gasteiger partial charge in [-0.1, -0.05) is 0 Å². The van der Waals surface area contributed by atoms with Crippen LogP contribution in [0.2, 0.25) is 0 Å². The quantitative estimate of drug-likeness (QED) is 0.656. The van der Waals surface area contributed by atoms with Crippen LogP contribution in [0.5, 0.6) is 5.88 Å². The number of nitrogens with zero attached hydrogens (tertiary/aromatic N) is 4. The molecule has 3 heterocycles. The first-order valence-corrected chi connectivity index (χ1v) is 7.93. The number of fused-ring (bicyclic) bond motifs is 1. The van der Waals surface area contributed by atoms with E-state index in [2.05, 4.69) is 20.3 Å². The van der Waals surface area contributed by atoms with Crippen molar-refractivity contribution in [2.75, 3.05) is 11.9 Å². The van der Waals surface area contributed by atoms with Gasteiger partial charge >= 0.3 is 6.09 Å². The van der Waals surface area contributed by atoms with Crippen LogP contribution in [-0.4, -0.2) is 42.7 Å². The zero-order valence-corrected chi connectivity index (χ0v) is 13.6. The Hall–Kier alpha value is -3.62. The minimum atomic E-state index is -1.01. The van der Waals surface area contributed by atoms with E-state index in [1.807, 2.05) is 24.3 Å². The van der Waals surface area contributed by atoms with Gasteiger partial charge in [-0.15, -0.1) is 0 Å². The van der Waals surface area contributed by atoms with Crippen LogP contribution in [0.4, 0.5) is 16.4 Å². The number of oxazole rings is 1.